The van der Waals surface area contributed by atoms with Crippen LogP contribution in [0, 0.1) is 0 Å². The molecular weight excluding hydrogens is 294 g/mol. The summed E-state index contributed by atoms with van der Waals surface area (Å²) in [5.41, 5.74) is 0.869. The van der Waals surface area contributed by atoms with Crippen molar-refractivity contribution in [2.45, 2.75) is 25.0 Å². The number of likely N-dealkylation sites (N-methyl/N-ethyl adjacent to an activating group) is 1. The Morgan fingerprint density at radius 1 is 1.26 bits per heavy atom. The summed E-state index contributed by atoms with van der Waals surface area (Å²) in [7, 11) is 1.69. The van der Waals surface area contributed by atoms with E-state index in [4.69, 9.17) is 4.74 Å². The molecule has 0 aliphatic heterocycles. The summed E-state index contributed by atoms with van der Waals surface area (Å²) < 4.78 is 5.55. The van der Waals surface area contributed by atoms with Crippen LogP contribution in [0.1, 0.15) is 28.9 Å². The lowest BCUT2D eigenvalue weighted by Gasteiger charge is -2.25. The van der Waals surface area contributed by atoms with E-state index in [1.54, 1.807) is 11.9 Å². The van der Waals surface area contributed by atoms with Crippen LogP contribution in [0.2, 0.25) is 0 Å². The van der Waals surface area contributed by atoms with Crippen LogP contribution in [0.25, 0.3) is 0 Å². The Morgan fingerprint density at radius 2 is 2.00 bits per heavy atom. The molecule has 1 aromatic carbocycles. The summed E-state index contributed by atoms with van der Waals surface area (Å²) in [6, 6.07) is 9.75. The van der Waals surface area contributed by atoms with Gasteiger partial charge in [0.05, 0.1) is 24.5 Å². The fourth-order valence-corrected chi connectivity index (χ4v) is 2.36. The van der Waals surface area contributed by atoms with Gasteiger partial charge in [0, 0.05) is 7.05 Å². The molecule has 0 bridgehead atoms. The molecular formula is C17H19N3O3. The van der Waals surface area contributed by atoms with E-state index in [2.05, 4.69) is 9.97 Å². The van der Waals surface area contributed by atoms with Gasteiger partial charge in [-0.3, -0.25) is 4.79 Å². The second kappa shape index (κ2) is 6.34. The Bertz CT molecular complexity index is 669. The van der Waals surface area contributed by atoms with Crippen molar-refractivity contribution in [1.29, 1.82) is 0 Å². The third kappa shape index (κ3) is 3.32. The number of hydrogen-bond donors (Lipinski definition) is 1. The van der Waals surface area contributed by atoms with E-state index in [-0.39, 0.29) is 18.2 Å². The molecule has 6 nitrogen and oxygen atoms in total. The smallest absolute Gasteiger partial charge is 0.274 e. The molecule has 0 atom stereocenters. The molecule has 120 valence electrons. The molecule has 1 aromatic heterocycles. The van der Waals surface area contributed by atoms with Crippen molar-refractivity contribution in [2.24, 2.45) is 0 Å². The third-order valence-electron chi connectivity index (χ3n) is 4.21. The summed E-state index contributed by atoms with van der Waals surface area (Å²) in [6.45, 7) is 0.372. The number of hydrogen-bond acceptors (Lipinski definition) is 5. The number of aliphatic hydroxyl groups is 1. The van der Waals surface area contributed by atoms with Crippen molar-refractivity contribution >= 4 is 5.91 Å². The molecule has 6 heteroatoms. The molecule has 0 radical (unpaired) electrons. The lowest BCUT2D eigenvalue weighted by molar-refractivity contribution is 0.0613. The predicted molar refractivity (Wildman–Crippen MR) is 84.0 cm³/mol. The van der Waals surface area contributed by atoms with Gasteiger partial charge in [-0.2, -0.15) is 0 Å². The summed E-state index contributed by atoms with van der Waals surface area (Å²) in [5, 5.41) is 9.40. The summed E-state index contributed by atoms with van der Waals surface area (Å²) in [6.07, 6.45) is 4.49. The quantitative estimate of drug-likeness (QED) is 0.877. The molecule has 1 N–H and O–H groups in total. The fraction of sp³-hybridized carbons (Fsp3) is 0.353. The maximum Gasteiger partial charge on any atom is 0.274 e. The topological polar surface area (TPSA) is 75.6 Å². The average molecular weight is 313 g/mol. The van der Waals surface area contributed by atoms with Gasteiger partial charge < -0.3 is 14.7 Å². The largest absolute Gasteiger partial charge is 0.472 e. The number of aliphatic hydroxyl groups excluding tert-OH is 1. The molecule has 0 unspecified atom stereocenters. The van der Waals surface area contributed by atoms with Crippen molar-refractivity contribution in [2.75, 3.05) is 13.7 Å². The molecule has 3 rings (SSSR count). The molecule has 1 heterocycles. The minimum atomic E-state index is -0.415. The van der Waals surface area contributed by atoms with Gasteiger partial charge in [-0.1, -0.05) is 30.3 Å². The van der Waals surface area contributed by atoms with Crippen molar-refractivity contribution < 1.29 is 14.6 Å². The highest BCUT2D eigenvalue weighted by Crippen LogP contribution is 2.40. The van der Waals surface area contributed by atoms with Gasteiger partial charge >= 0.3 is 0 Å². The van der Waals surface area contributed by atoms with Crippen LogP contribution in [0.3, 0.4) is 0 Å². The van der Waals surface area contributed by atoms with E-state index >= 15 is 0 Å². The number of nitrogens with zero attached hydrogens (tertiary/aromatic N) is 3. The summed E-state index contributed by atoms with van der Waals surface area (Å²) in [5.74, 6) is 0.134. The number of ether oxygens (including phenoxy) is 1. The molecule has 1 aliphatic rings. The highest BCUT2D eigenvalue weighted by atomic mass is 16.5. The first-order chi connectivity index (χ1) is 11.1. The van der Waals surface area contributed by atoms with Crippen molar-refractivity contribution in [3.63, 3.8) is 0 Å². The normalized spacial score (nSPS) is 15.0. The van der Waals surface area contributed by atoms with Crippen LogP contribution in [0.5, 0.6) is 5.88 Å². The summed E-state index contributed by atoms with van der Waals surface area (Å²) >= 11 is 0. The molecule has 1 amide bonds. The van der Waals surface area contributed by atoms with E-state index in [9.17, 15) is 9.90 Å². The van der Waals surface area contributed by atoms with Crippen LogP contribution in [0.15, 0.2) is 42.7 Å². The number of rotatable bonds is 6. The van der Waals surface area contributed by atoms with Gasteiger partial charge in [-0.05, 0) is 18.4 Å². The lowest BCUT2D eigenvalue weighted by Crippen LogP contribution is -2.41. The van der Waals surface area contributed by atoms with Gasteiger partial charge in [-0.25, -0.2) is 9.97 Å². The van der Waals surface area contributed by atoms with Gasteiger partial charge in [0.1, 0.15) is 12.3 Å². The van der Waals surface area contributed by atoms with E-state index in [0.717, 1.165) is 18.4 Å². The van der Waals surface area contributed by atoms with Crippen molar-refractivity contribution in [3.05, 3.63) is 54.0 Å². The summed E-state index contributed by atoms with van der Waals surface area (Å²) in [4.78, 5) is 22.2. The van der Waals surface area contributed by atoms with E-state index in [1.807, 2.05) is 30.3 Å². The first-order valence-corrected chi connectivity index (χ1v) is 7.52. The van der Waals surface area contributed by atoms with Crippen molar-refractivity contribution in [3.8, 4) is 5.88 Å². The van der Waals surface area contributed by atoms with Crippen LogP contribution < -0.4 is 4.74 Å². The Labute approximate surface area is 134 Å². The zero-order chi connectivity index (χ0) is 16.3. The number of aromatic nitrogens is 2. The SMILES string of the molecule is CN(C(=O)c1cnc(OCc2ccccc2)cn1)C1(CO)CC1. The second-order valence-electron chi connectivity index (χ2n) is 5.76. The highest BCUT2D eigenvalue weighted by Gasteiger charge is 2.48. The standard InChI is InChI=1S/C17H19N3O3/c1-20(17(12-21)7-8-17)16(22)14-9-19-15(10-18-14)23-11-13-5-3-2-4-6-13/h2-6,9-10,21H,7-8,11-12H2,1H3. The first kappa shape index (κ1) is 15.4. The molecule has 23 heavy (non-hydrogen) atoms. The molecule has 1 fully saturated rings. The Balaban J connectivity index is 1.62. The Morgan fingerprint density at radius 3 is 2.57 bits per heavy atom. The number of carbonyl (C=O) groups excluding carboxylic acids is 1. The zero-order valence-electron chi connectivity index (χ0n) is 13.0. The minimum Gasteiger partial charge on any atom is -0.472 e. The third-order valence-corrected chi connectivity index (χ3v) is 4.21. The van der Waals surface area contributed by atoms with Gasteiger partial charge in [0.15, 0.2) is 0 Å². The maximum atomic E-state index is 12.4. The average Bonchev–Trinajstić information content (AvgIpc) is 3.41. The van der Waals surface area contributed by atoms with E-state index < -0.39 is 5.54 Å². The lowest BCUT2D eigenvalue weighted by atomic mass is 10.2. The number of amides is 1. The first-order valence-electron chi connectivity index (χ1n) is 7.52. The maximum absolute atomic E-state index is 12.4. The minimum absolute atomic E-state index is 0.0268. The van der Waals surface area contributed by atoms with Gasteiger partial charge in [-0.15, -0.1) is 0 Å². The van der Waals surface area contributed by atoms with Gasteiger partial charge in [0.25, 0.3) is 5.91 Å². The van der Waals surface area contributed by atoms with E-state index in [1.165, 1.54) is 12.4 Å². The van der Waals surface area contributed by atoms with Crippen LogP contribution in [-0.4, -0.2) is 45.1 Å². The second-order valence-corrected chi connectivity index (χ2v) is 5.76. The molecule has 1 aliphatic carbocycles. The van der Waals surface area contributed by atoms with E-state index in [0.29, 0.717) is 12.5 Å². The predicted octanol–water partition coefficient (Wildman–Crippen LogP) is 1.65. The van der Waals surface area contributed by atoms with Crippen LogP contribution >= 0.6 is 0 Å². The molecule has 0 saturated heterocycles. The molecule has 0 spiro atoms. The molecule has 1 saturated carbocycles. The fourth-order valence-electron chi connectivity index (χ4n) is 2.36. The van der Waals surface area contributed by atoms with Crippen LogP contribution in [0.4, 0.5) is 0 Å². The Hall–Kier alpha value is -2.47. The van der Waals surface area contributed by atoms with Gasteiger partial charge in [0.2, 0.25) is 5.88 Å². The monoisotopic (exact) mass is 313 g/mol. The van der Waals surface area contributed by atoms with Crippen molar-refractivity contribution in [1.82, 2.24) is 14.9 Å². The molecule has 2 aromatic rings. The number of carbonyl (C=O) groups is 1. The zero-order valence-corrected chi connectivity index (χ0v) is 13.0. The van der Waals surface area contributed by atoms with Crippen LogP contribution in [-0.2, 0) is 6.61 Å². The Kier molecular flexibility index (Phi) is 4.25. The number of benzene rings is 1. The highest BCUT2D eigenvalue weighted by molar-refractivity contribution is 5.92.